The van der Waals surface area contributed by atoms with Crippen LogP contribution < -0.4 is 5.32 Å². The van der Waals surface area contributed by atoms with Gasteiger partial charge in [-0.25, -0.2) is 4.79 Å². The second kappa shape index (κ2) is 8.10. The van der Waals surface area contributed by atoms with Crippen LogP contribution in [0.25, 0.3) is 0 Å². The van der Waals surface area contributed by atoms with Crippen molar-refractivity contribution >= 4 is 23.4 Å². The number of carbonyl (C=O) groups excluding carboxylic acids is 2. The molecule has 5 nitrogen and oxygen atoms in total. The molecular formula is C22H24ClNO4. The molecule has 3 aliphatic rings. The summed E-state index contributed by atoms with van der Waals surface area (Å²) in [6.45, 7) is 2.82. The summed E-state index contributed by atoms with van der Waals surface area (Å²) in [4.78, 5) is 25.9. The highest BCUT2D eigenvalue weighted by atomic mass is 35.5. The van der Waals surface area contributed by atoms with Crippen molar-refractivity contribution in [3.05, 3.63) is 57.9 Å². The van der Waals surface area contributed by atoms with E-state index in [9.17, 15) is 9.59 Å². The van der Waals surface area contributed by atoms with Gasteiger partial charge < -0.3 is 14.8 Å². The van der Waals surface area contributed by atoms with Gasteiger partial charge in [0.1, 0.15) is 12.4 Å². The molecule has 2 aliphatic heterocycles. The van der Waals surface area contributed by atoms with Crippen LogP contribution in [0.15, 0.2) is 47.3 Å². The molecule has 1 N–H and O–H groups in total. The van der Waals surface area contributed by atoms with Gasteiger partial charge in [-0.3, -0.25) is 4.79 Å². The lowest BCUT2D eigenvalue weighted by Crippen LogP contribution is -2.41. The Morgan fingerprint density at radius 1 is 1.29 bits per heavy atom. The molecule has 4 rings (SSSR count). The fourth-order valence-corrected chi connectivity index (χ4v) is 4.46. The van der Waals surface area contributed by atoms with E-state index in [-0.39, 0.29) is 24.4 Å². The summed E-state index contributed by atoms with van der Waals surface area (Å²) in [5.41, 5.74) is 3.01. The van der Waals surface area contributed by atoms with Crippen LogP contribution in [0.5, 0.6) is 0 Å². The molecule has 0 spiro atoms. The van der Waals surface area contributed by atoms with Gasteiger partial charge in [0.15, 0.2) is 0 Å². The molecule has 0 aromatic heterocycles. The van der Waals surface area contributed by atoms with Crippen LogP contribution in [0.2, 0.25) is 5.02 Å². The van der Waals surface area contributed by atoms with Crippen molar-refractivity contribution in [2.45, 2.75) is 44.6 Å². The van der Waals surface area contributed by atoms with E-state index in [1.54, 1.807) is 12.1 Å². The van der Waals surface area contributed by atoms with Crippen molar-refractivity contribution in [1.82, 2.24) is 5.32 Å². The average molecular weight is 402 g/mol. The fourth-order valence-electron chi connectivity index (χ4n) is 4.34. The van der Waals surface area contributed by atoms with Crippen LogP contribution in [0.4, 0.5) is 0 Å². The minimum Gasteiger partial charge on any atom is -0.460 e. The lowest BCUT2D eigenvalue weighted by Gasteiger charge is -2.38. The van der Waals surface area contributed by atoms with Crippen molar-refractivity contribution in [3.63, 3.8) is 0 Å². The third-order valence-electron chi connectivity index (χ3n) is 5.69. The Morgan fingerprint density at radius 3 is 2.79 bits per heavy atom. The van der Waals surface area contributed by atoms with Gasteiger partial charge in [0.2, 0.25) is 0 Å². The first-order chi connectivity index (χ1) is 13.5. The molecule has 6 heteroatoms. The molecule has 0 saturated carbocycles. The van der Waals surface area contributed by atoms with Crippen molar-refractivity contribution < 1.29 is 19.1 Å². The predicted molar refractivity (Wildman–Crippen MR) is 106 cm³/mol. The molecule has 3 unspecified atom stereocenters. The molecule has 148 valence electrons. The smallest absolute Gasteiger partial charge is 0.336 e. The summed E-state index contributed by atoms with van der Waals surface area (Å²) in [6.07, 6.45) is 5.12. The number of fused-ring (bicyclic) bond motifs is 1. The second-order valence-electron chi connectivity index (χ2n) is 7.57. The third-order valence-corrected chi connectivity index (χ3v) is 5.94. The van der Waals surface area contributed by atoms with E-state index in [0.717, 1.165) is 36.2 Å². The minimum atomic E-state index is -0.399. The zero-order chi connectivity index (χ0) is 19.7. The summed E-state index contributed by atoms with van der Waals surface area (Å²) in [7, 11) is 0. The first-order valence-corrected chi connectivity index (χ1v) is 10.2. The lowest BCUT2D eigenvalue weighted by atomic mass is 9.71. The molecule has 1 saturated heterocycles. The van der Waals surface area contributed by atoms with Crippen molar-refractivity contribution in [1.29, 1.82) is 0 Å². The maximum atomic E-state index is 13.1. The molecule has 1 fully saturated rings. The van der Waals surface area contributed by atoms with Crippen LogP contribution in [-0.2, 0) is 19.1 Å². The van der Waals surface area contributed by atoms with Crippen molar-refractivity contribution in [2.24, 2.45) is 5.92 Å². The normalized spacial score (nSPS) is 27.1. The van der Waals surface area contributed by atoms with E-state index >= 15 is 0 Å². The first-order valence-electron chi connectivity index (χ1n) is 9.79. The molecule has 0 amide bonds. The minimum absolute atomic E-state index is 0.0397. The Bertz CT molecular complexity index is 837. The molecule has 0 radical (unpaired) electrons. The largest absolute Gasteiger partial charge is 0.460 e. The number of rotatable bonds is 4. The Balaban J connectivity index is 1.68. The summed E-state index contributed by atoms with van der Waals surface area (Å²) >= 11 is 6.06. The summed E-state index contributed by atoms with van der Waals surface area (Å²) in [5.74, 6) is -1.03. The molecule has 2 heterocycles. The number of allylic oxidation sites excluding steroid dienone is 3. The van der Waals surface area contributed by atoms with Gasteiger partial charge in [0.25, 0.3) is 0 Å². The van der Waals surface area contributed by atoms with Gasteiger partial charge in [-0.1, -0.05) is 29.8 Å². The number of hydrogen-bond acceptors (Lipinski definition) is 5. The lowest BCUT2D eigenvalue weighted by molar-refractivity contribution is -0.143. The summed E-state index contributed by atoms with van der Waals surface area (Å²) < 4.78 is 11.2. The molecular weight excluding hydrogens is 378 g/mol. The number of benzene rings is 1. The first kappa shape index (κ1) is 19.2. The predicted octanol–water partition coefficient (Wildman–Crippen LogP) is 3.89. The van der Waals surface area contributed by atoms with Crippen molar-refractivity contribution in [3.8, 4) is 0 Å². The standard InChI is InChI=1S/C22H24ClNO4/c1-13-19(22(26)28-12-16-4-3-11-27-16)20(14-7-9-15(23)10-8-14)21-17(24-13)5-2-6-18(21)25/h5,7-10,16,20-21,24H,2-4,6,11-12H2,1H3. The third kappa shape index (κ3) is 3.74. The fraction of sp³-hybridized carbons (Fsp3) is 0.455. The molecule has 28 heavy (non-hydrogen) atoms. The van der Waals surface area contributed by atoms with Crippen LogP contribution in [0.3, 0.4) is 0 Å². The van der Waals surface area contributed by atoms with Crippen LogP contribution in [0.1, 0.15) is 44.1 Å². The number of carbonyl (C=O) groups is 2. The van der Waals surface area contributed by atoms with E-state index < -0.39 is 11.9 Å². The zero-order valence-corrected chi connectivity index (χ0v) is 16.6. The number of halogens is 1. The van der Waals surface area contributed by atoms with Gasteiger partial charge in [0, 0.05) is 35.4 Å². The van der Waals surface area contributed by atoms with E-state index in [4.69, 9.17) is 21.1 Å². The second-order valence-corrected chi connectivity index (χ2v) is 8.00. The number of Topliss-reactive ketones (excluding diaryl/α,β-unsaturated/α-hetero) is 1. The maximum Gasteiger partial charge on any atom is 0.336 e. The van der Waals surface area contributed by atoms with E-state index in [2.05, 4.69) is 11.4 Å². The average Bonchev–Trinajstić information content (AvgIpc) is 3.19. The molecule has 0 bridgehead atoms. The Hall–Kier alpha value is -2.11. The number of nitrogens with one attached hydrogen (secondary N) is 1. The van der Waals surface area contributed by atoms with Gasteiger partial charge in [-0.15, -0.1) is 0 Å². The van der Waals surface area contributed by atoms with Crippen LogP contribution >= 0.6 is 11.6 Å². The highest BCUT2D eigenvalue weighted by Crippen LogP contribution is 2.44. The molecule has 1 aromatic carbocycles. The Labute approximate surface area is 169 Å². The summed E-state index contributed by atoms with van der Waals surface area (Å²) in [6, 6.07) is 7.36. The van der Waals surface area contributed by atoms with E-state index in [1.165, 1.54) is 0 Å². The van der Waals surface area contributed by atoms with Gasteiger partial charge in [-0.2, -0.15) is 0 Å². The monoisotopic (exact) mass is 401 g/mol. The highest BCUT2D eigenvalue weighted by molar-refractivity contribution is 6.30. The number of esters is 1. The molecule has 1 aromatic rings. The topological polar surface area (TPSA) is 64.6 Å². The SMILES string of the molecule is CC1=C(C(=O)OCC2CCCO2)C(c2ccc(Cl)cc2)C2C(=O)CCC=C2N1. The van der Waals surface area contributed by atoms with Crippen molar-refractivity contribution in [2.75, 3.05) is 13.2 Å². The maximum absolute atomic E-state index is 13.1. The number of ether oxygens (including phenoxy) is 2. The zero-order valence-electron chi connectivity index (χ0n) is 15.9. The number of ketones is 1. The van der Waals surface area contributed by atoms with Gasteiger partial charge >= 0.3 is 5.97 Å². The molecule has 1 aliphatic carbocycles. The Morgan fingerprint density at radius 2 is 2.07 bits per heavy atom. The highest BCUT2D eigenvalue weighted by Gasteiger charge is 2.43. The van der Waals surface area contributed by atoms with E-state index in [1.807, 2.05) is 19.1 Å². The van der Waals surface area contributed by atoms with Crippen LogP contribution in [0, 0.1) is 5.92 Å². The number of hydrogen-bond donors (Lipinski definition) is 1. The van der Waals surface area contributed by atoms with Gasteiger partial charge in [0.05, 0.1) is 17.6 Å². The quantitative estimate of drug-likeness (QED) is 0.775. The summed E-state index contributed by atoms with van der Waals surface area (Å²) in [5, 5.41) is 3.90. The Kier molecular flexibility index (Phi) is 5.56. The van der Waals surface area contributed by atoms with Crippen LogP contribution in [-0.4, -0.2) is 31.1 Å². The van der Waals surface area contributed by atoms with Gasteiger partial charge in [-0.05, 0) is 43.9 Å². The van der Waals surface area contributed by atoms with E-state index in [0.29, 0.717) is 23.6 Å². The molecule has 3 atom stereocenters.